The largest absolute Gasteiger partial charge is 0.506 e. The molecule has 2 rings (SSSR count). The molecule has 24 heavy (non-hydrogen) atoms. The Morgan fingerprint density at radius 3 is 2.33 bits per heavy atom. The number of aromatic hydroxyl groups is 1. The normalized spacial score (nSPS) is 12.0. The maximum atomic E-state index is 12.6. The Bertz CT molecular complexity index is 880. The molecular formula is C18H21NO4S. The second-order valence-corrected chi connectivity index (χ2v) is 8.35. The molecule has 0 fully saturated rings. The van der Waals surface area contributed by atoms with Gasteiger partial charge in [0.15, 0.2) is 5.78 Å². The van der Waals surface area contributed by atoms with E-state index in [1.807, 2.05) is 20.8 Å². The maximum Gasteiger partial charge on any atom is 0.262 e. The first-order valence-electron chi connectivity index (χ1n) is 7.48. The minimum absolute atomic E-state index is 0.0317. The van der Waals surface area contributed by atoms with E-state index in [4.69, 9.17) is 0 Å². The Kier molecular flexibility index (Phi) is 4.71. The smallest absolute Gasteiger partial charge is 0.262 e. The Labute approximate surface area is 142 Å². The number of carbonyl (C=O) groups excluding carboxylic acids is 1. The van der Waals surface area contributed by atoms with Crippen molar-refractivity contribution in [2.24, 2.45) is 0 Å². The Hall–Kier alpha value is -2.34. The summed E-state index contributed by atoms with van der Waals surface area (Å²) in [4.78, 5) is 11.4. The van der Waals surface area contributed by atoms with Crippen LogP contribution in [0.5, 0.6) is 5.75 Å². The highest BCUT2D eigenvalue weighted by Crippen LogP contribution is 2.32. The van der Waals surface area contributed by atoms with Gasteiger partial charge in [-0.2, -0.15) is 0 Å². The summed E-state index contributed by atoms with van der Waals surface area (Å²) in [6.07, 6.45) is 0. The van der Waals surface area contributed by atoms with Gasteiger partial charge in [0.05, 0.1) is 10.6 Å². The zero-order valence-corrected chi connectivity index (χ0v) is 14.9. The lowest BCUT2D eigenvalue weighted by Gasteiger charge is -2.20. The van der Waals surface area contributed by atoms with E-state index in [2.05, 4.69) is 4.72 Å². The SMILES string of the molecule is CC(=O)c1cccc(S(=O)(=O)Nc2cc(C(C)(C)C)ccc2O)c1. The van der Waals surface area contributed by atoms with Crippen molar-refractivity contribution >= 4 is 21.5 Å². The van der Waals surface area contributed by atoms with Gasteiger partial charge in [-0.15, -0.1) is 0 Å². The summed E-state index contributed by atoms with van der Waals surface area (Å²) in [6.45, 7) is 7.35. The van der Waals surface area contributed by atoms with E-state index in [1.54, 1.807) is 18.2 Å². The van der Waals surface area contributed by atoms with Crippen LogP contribution in [0.25, 0.3) is 0 Å². The predicted octanol–water partition coefficient (Wildman–Crippen LogP) is 3.69. The highest BCUT2D eigenvalue weighted by Gasteiger charge is 2.20. The number of sulfonamides is 1. The summed E-state index contributed by atoms with van der Waals surface area (Å²) in [6, 6.07) is 10.6. The number of benzene rings is 2. The fourth-order valence-corrected chi connectivity index (χ4v) is 3.28. The van der Waals surface area contributed by atoms with Crippen molar-refractivity contribution in [3.8, 4) is 5.75 Å². The molecule has 2 aromatic carbocycles. The van der Waals surface area contributed by atoms with E-state index in [-0.39, 0.29) is 27.5 Å². The van der Waals surface area contributed by atoms with E-state index < -0.39 is 10.0 Å². The van der Waals surface area contributed by atoms with Crippen LogP contribution in [0, 0.1) is 0 Å². The number of ketones is 1. The number of phenols is 1. The van der Waals surface area contributed by atoms with Gasteiger partial charge in [-0.3, -0.25) is 9.52 Å². The third-order valence-corrected chi connectivity index (χ3v) is 5.02. The third kappa shape index (κ3) is 3.94. The van der Waals surface area contributed by atoms with Crippen LogP contribution < -0.4 is 4.72 Å². The molecule has 0 saturated heterocycles. The van der Waals surface area contributed by atoms with Crippen molar-refractivity contribution in [3.63, 3.8) is 0 Å². The summed E-state index contributed by atoms with van der Waals surface area (Å²) < 4.78 is 27.5. The van der Waals surface area contributed by atoms with Gasteiger partial charge in [0.2, 0.25) is 0 Å². The molecule has 5 nitrogen and oxygen atoms in total. The van der Waals surface area contributed by atoms with Gasteiger partial charge in [-0.1, -0.05) is 39.0 Å². The number of nitrogens with one attached hydrogen (secondary N) is 1. The highest BCUT2D eigenvalue weighted by molar-refractivity contribution is 7.92. The number of hydrogen-bond acceptors (Lipinski definition) is 4. The van der Waals surface area contributed by atoms with Crippen LogP contribution >= 0.6 is 0 Å². The van der Waals surface area contributed by atoms with Crippen molar-refractivity contribution in [1.82, 2.24) is 0 Å². The maximum absolute atomic E-state index is 12.6. The molecule has 0 aliphatic heterocycles. The standard InChI is InChI=1S/C18H21NO4S/c1-12(20)13-6-5-7-15(10-13)24(22,23)19-16-11-14(18(2,3)4)8-9-17(16)21/h5-11,19,21H,1-4H3. The number of anilines is 1. The molecule has 0 spiro atoms. The first kappa shape index (κ1) is 18.0. The van der Waals surface area contributed by atoms with Gasteiger partial charge >= 0.3 is 0 Å². The molecule has 0 radical (unpaired) electrons. The summed E-state index contributed by atoms with van der Waals surface area (Å²) in [7, 11) is -3.92. The Balaban J connectivity index is 2.43. The number of hydrogen-bond donors (Lipinski definition) is 2. The molecule has 2 aromatic rings. The first-order chi connectivity index (χ1) is 11.0. The second kappa shape index (κ2) is 6.28. The number of Topliss-reactive ketones (excluding diaryl/α,β-unsaturated/α-hetero) is 1. The van der Waals surface area contributed by atoms with Gasteiger partial charge in [0.1, 0.15) is 5.75 Å². The van der Waals surface area contributed by atoms with E-state index >= 15 is 0 Å². The van der Waals surface area contributed by atoms with Crippen LogP contribution in [0.4, 0.5) is 5.69 Å². The average Bonchev–Trinajstić information content (AvgIpc) is 2.48. The fraction of sp³-hybridized carbons (Fsp3) is 0.278. The molecule has 0 aliphatic rings. The van der Waals surface area contributed by atoms with Gasteiger partial charge < -0.3 is 5.11 Å². The first-order valence-corrected chi connectivity index (χ1v) is 8.96. The van der Waals surface area contributed by atoms with E-state index in [9.17, 15) is 18.3 Å². The summed E-state index contributed by atoms with van der Waals surface area (Å²) in [5, 5.41) is 9.97. The van der Waals surface area contributed by atoms with E-state index in [0.29, 0.717) is 5.56 Å². The average molecular weight is 347 g/mol. The number of phenolic OH excluding ortho intramolecular Hbond substituents is 1. The molecular weight excluding hydrogens is 326 g/mol. The summed E-state index contributed by atoms with van der Waals surface area (Å²) in [5.74, 6) is -0.376. The number of carbonyl (C=O) groups is 1. The van der Waals surface area contributed by atoms with E-state index in [0.717, 1.165) is 5.56 Å². The zero-order valence-electron chi connectivity index (χ0n) is 14.1. The third-order valence-electron chi connectivity index (χ3n) is 3.66. The lowest BCUT2D eigenvalue weighted by atomic mass is 9.87. The summed E-state index contributed by atoms with van der Waals surface area (Å²) >= 11 is 0. The van der Waals surface area contributed by atoms with Crippen LogP contribution in [0.1, 0.15) is 43.6 Å². The van der Waals surface area contributed by atoms with Crippen LogP contribution in [-0.4, -0.2) is 19.3 Å². The molecule has 128 valence electrons. The molecule has 2 N–H and O–H groups in total. The van der Waals surface area contributed by atoms with Crippen molar-refractivity contribution in [1.29, 1.82) is 0 Å². The molecule has 0 aliphatic carbocycles. The summed E-state index contributed by atoms with van der Waals surface area (Å²) in [5.41, 5.74) is 1.11. The Morgan fingerprint density at radius 2 is 1.75 bits per heavy atom. The molecule has 0 aromatic heterocycles. The molecule has 0 unspecified atom stereocenters. The second-order valence-electron chi connectivity index (χ2n) is 6.67. The quantitative estimate of drug-likeness (QED) is 0.652. The monoisotopic (exact) mass is 347 g/mol. The van der Waals surface area contributed by atoms with Crippen molar-refractivity contribution in [2.45, 2.75) is 38.0 Å². The molecule has 0 saturated carbocycles. The Morgan fingerprint density at radius 1 is 1.08 bits per heavy atom. The van der Waals surface area contributed by atoms with Crippen LogP contribution in [0.15, 0.2) is 47.4 Å². The van der Waals surface area contributed by atoms with Crippen LogP contribution in [0.2, 0.25) is 0 Å². The highest BCUT2D eigenvalue weighted by atomic mass is 32.2. The lowest BCUT2D eigenvalue weighted by molar-refractivity contribution is 0.101. The number of rotatable bonds is 4. The van der Waals surface area contributed by atoms with Gasteiger partial charge in [-0.25, -0.2) is 8.42 Å². The molecule has 6 heteroatoms. The van der Waals surface area contributed by atoms with Crippen LogP contribution in [-0.2, 0) is 15.4 Å². The van der Waals surface area contributed by atoms with Gasteiger partial charge in [0.25, 0.3) is 10.0 Å². The van der Waals surface area contributed by atoms with E-state index in [1.165, 1.54) is 31.2 Å². The van der Waals surface area contributed by atoms with Gasteiger partial charge in [0, 0.05) is 5.56 Å². The topological polar surface area (TPSA) is 83.5 Å². The zero-order chi connectivity index (χ0) is 18.1. The molecule has 0 amide bonds. The van der Waals surface area contributed by atoms with Crippen molar-refractivity contribution in [3.05, 3.63) is 53.6 Å². The predicted molar refractivity (Wildman–Crippen MR) is 94.1 cm³/mol. The van der Waals surface area contributed by atoms with Gasteiger partial charge in [-0.05, 0) is 42.2 Å². The van der Waals surface area contributed by atoms with Crippen molar-refractivity contribution < 1.29 is 18.3 Å². The molecule has 0 heterocycles. The fourth-order valence-electron chi connectivity index (χ4n) is 2.17. The minimum atomic E-state index is -3.92. The van der Waals surface area contributed by atoms with Crippen molar-refractivity contribution in [2.75, 3.05) is 4.72 Å². The van der Waals surface area contributed by atoms with Crippen LogP contribution in [0.3, 0.4) is 0 Å². The molecule has 0 atom stereocenters. The minimum Gasteiger partial charge on any atom is -0.506 e. The lowest BCUT2D eigenvalue weighted by Crippen LogP contribution is -2.15. The molecule has 0 bridgehead atoms.